The van der Waals surface area contributed by atoms with Crippen molar-refractivity contribution in [1.29, 1.82) is 0 Å². The van der Waals surface area contributed by atoms with E-state index >= 15 is 0 Å². The van der Waals surface area contributed by atoms with Gasteiger partial charge in [0, 0.05) is 24.3 Å². The van der Waals surface area contributed by atoms with Gasteiger partial charge in [-0.25, -0.2) is 0 Å². The topological polar surface area (TPSA) is 75.6 Å². The van der Waals surface area contributed by atoms with Crippen LogP contribution in [0.1, 0.15) is 26.7 Å². The summed E-state index contributed by atoms with van der Waals surface area (Å²) in [6.45, 7) is 4.49. The number of aliphatic hydroxyl groups excluding tert-OH is 1. The first kappa shape index (κ1) is 28.8. The highest BCUT2D eigenvalue weighted by atomic mass is 31.1. The summed E-state index contributed by atoms with van der Waals surface area (Å²) in [5, 5.41) is 11.8. The predicted octanol–water partition coefficient (Wildman–Crippen LogP) is 6.11. The van der Waals surface area contributed by atoms with E-state index in [2.05, 4.69) is 26.0 Å². The summed E-state index contributed by atoms with van der Waals surface area (Å²) in [7, 11) is 9.14. The van der Waals surface area contributed by atoms with Gasteiger partial charge in [0.1, 0.15) is 34.5 Å². The number of methoxy groups -OCH3 is 6. The van der Waals surface area contributed by atoms with Crippen LogP contribution in [0.3, 0.4) is 0 Å². The maximum atomic E-state index is 10.6. The van der Waals surface area contributed by atoms with Crippen LogP contribution < -0.4 is 33.7 Å². The third-order valence-electron chi connectivity index (χ3n) is 7.44. The summed E-state index contributed by atoms with van der Waals surface area (Å²) < 4.78 is 34.7. The van der Waals surface area contributed by atoms with Crippen molar-refractivity contribution in [3.8, 4) is 56.8 Å². The molecule has 3 aromatic carbocycles. The number of hydrogen-bond acceptors (Lipinski definition) is 7. The van der Waals surface area contributed by atoms with Crippen molar-refractivity contribution in [2.75, 3.05) is 42.7 Å². The molecule has 210 valence electrons. The standard InChI is InChI=1S/C31H39O7P/c1-18-12-20(32)13-19(2)39(18)31-23(29-25(35-5)14-21(33-3)15-26(29)36-6)10-9-11-24(31)30-27(37-7)16-22(34-4)17-28(30)38-8/h9-11,14-20,32H,12-13H2,1-8H3. The molecule has 0 bridgehead atoms. The van der Waals surface area contributed by atoms with Crippen LogP contribution in [-0.2, 0) is 0 Å². The lowest BCUT2D eigenvalue weighted by Gasteiger charge is -2.40. The molecule has 2 unspecified atom stereocenters. The molecule has 0 aliphatic carbocycles. The van der Waals surface area contributed by atoms with E-state index in [0.717, 1.165) is 35.1 Å². The largest absolute Gasteiger partial charge is 0.496 e. The molecule has 4 rings (SSSR count). The molecule has 0 saturated carbocycles. The van der Waals surface area contributed by atoms with Crippen molar-refractivity contribution in [1.82, 2.24) is 0 Å². The molecular formula is C31H39O7P. The highest BCUT2D eigenvalue weighted by molar-refractivity contribution is 7.67. The van der Waals surface area contributed by atoms with Crippen molar-refractivity contribution in [3.63, 3.8) is 0 Å². The second kappa shape index (κ2) is 12.4. The Morgan fingerprint density at radius 2 is 0.974 bits per heavy atom. The Hall–Kier alpha value is -3.15. The lowest BCUT2D eigenvalue weighted by atomic mass is 9.96. The third kappa shape index (κ3) is 5.48. The molecule has 1 aliphatic rings. The fourth-order valence-electron chi connectivity index (χ4n) is 5.75. The van der Waals surface area contributed by atoms with E-state index in [-0.39, 0.29) is 17.4 Å². The molecule has 1 heterocycles. The Balaban J connectivity index is 2.13. The Labute approximate surface area is 232 Å². The van der Waals surface area contributed by atoms with E-state index < -0.39 is 7.92 Å². The van der Waals surface area contributed by atoms with Gasteiger partial charge in [-0.2, -0.15) is 0 Å². The number of aliphatic hydroxyl groups is 1. The minimum Gasteiger partial charge on any atom is -0.496 e. The minimum absolute atomic E-state index is 0.282. The molecular weight excluding hydrogens is 515 g/mol. The molecule has 0 spiro atoms. The predicted molar refractivity (Wildman–Crippen MR) is 157 cm³/mol. The highest BCUT2D eigenvalue weighted by Crippen LogP contribution is 2.58. The first-order valence-corrected chi connectivity index (χ1v) is 14.5. The molecule has 1 aliphatic heterocycles. The summed E-state index contributed by atoms with van der Waals surface area (Å²) in [5.74, 6) is 3.93. The average Bonchev–Trinajstić information content (AvgIpc) is 2.95. The quantitative estimate of drug-likeness (QED) is 0.320. The fraction of sp³-hybridized carbons (Fsp3) is 0.419. The van der Waals surface area contributed by atoms with Gasteiger partial charge >= 0.3 is 0 Å². The SMILES string of the molecule is COc1cc(OC)c(-c2cccc(-c3c(OC)cc(OC)cc3OC)c2P2C(C)CC(O)CC2C)c(OC)c1. The zero-order chi connectivity index (χ0) is 28.3. The van der Waals surface area contributed by atoms with Crippen LogP contribution in [0, 0.1) is 0 Å². The second-order valence-corrected chi connectivity index (χ2v) is 12.8. The van der Waals surface area contributed by atoms with Crippen molar-refractivity contribution in [2.45, 2.75) is 44.1 Å². The van der Waals surface area contributed by atoms with E-state index in [1.54, 1.807) is 42.7 Å². The van der Waals surface area contributed by atoms with Crippen molar-refractivity contribution in [3.05, 3.63) is 42.5 Å². The van der Waals surface area contributed by atoms with Gasteiger partial charge in [-0.05, 0) is 40.6 Å². The lowest BCUT2D eigenvalue weighted by molar-refractivity contribution is 0.149. The van der Waals surface area contributed by atoms with E-state index in [4.69, 9.17) is 28.4 Å². The zero-order valence-corrected chi connectivity index (χ0v) is 24.9. The second-order valence-electron chi connectivity index (χ2n) is 9.75. The molecule has 8 heteroatoms. The fourth-order valence-corrected chi connectivity index (χ4v) is 9.37. The molecule has 0 aromatic heterocycles. The van der Waals surface area contributed by atoms with Crippen molar-refractivity contribution >= 4 is 13.2 Å². The van der Waals surface area contributed by atoms with E-state index in [0.29, 0.717) is 34.5 Å². The Morgan fingerprint density at radius 3 is 1.28 bits per heavy atom. The molecule has 1 N–H and O–H groups in total. The number of hydrogen-bond donors (Lipinski definition) is 1. The van der Waals surface area contributed by atoms with Gasteiger partial charge in [-0.15, -0.1) is 0 Å². The summed E-state index contributed by atoms with van der Waals surface area (Å²) in [5.41, 5.74) is 4.32. The van der Waals surface area contributed by atoms with Crippen molar-refractivity contribution < 1.29 is 33.5 Å². The third-order valence-corrected chi connectivity index (χ3v) is 10.8. The summed E-state index contributed by atoms with van der Waals surface area (Å²) in [4.78, 5) is 0. The van der Waals surface area contributed by atoms with Gasteiger partial charge in [0.25, 0.3) is 0 Å². The van der Waals surface area contributed by atoms with Gasteiger partial charge in [-0.1, -0.05) is 40.0 Å². The van der Waals surface area contributed by atoms with Gasteiger partial charge in [0.2, 0.25) is 0 Å². The van der Waals surface area contributed by atoms with Crippen LogP contribution in [0.25, 0.3) is 22.3 Å². The monoisotopic (exact) mass is 554 g/mol. The van der Waals surface area contributed by atoms with Gasteiger partial charge in [0.05, 0.1) is 59.9 Å². The van der Waals surface area contributed by atoms with E-state index in [1.807, 2.05) is 30.3 Å². The van der Waals surface area contributed by atoms with E-state index in [1.165, 1.54) is 5.30 Å². The molecule has 3 aromatic rings. The van der Waals surface area contributed by atoms with Gasteiger partial charge in [-0.3, -0.25) is 0 Å². The van der Waals surface area contributed by atoms with Crippen LogP contribution in [0.2, 0.25) is 0 Å². The van der Waals surface area contributed by atoms with Crippen LogP contribution in [-0.4, -0.2) is 65.2 Å². The maximum absolute atomic E-state index is 10.6. The molecule has 0 amide bonds. The van der Waals surface area contributed by atoms with Gasteiger partial charge < -0.3 is 33.5 Å². The summed E-state index contributed by atoms with van der Waals surface area (Å²) >= 11 is 0. The molecule has 2 atom stereocenters. The number of benzene rings is 3. The number of rotatable bonds is 9. The summed E-state index contributed by atoms with van der Waals surface area (Å²) in [6, 6.07) is 13.8. The minimum atomic E-state index is -0.742. The lowest BCUT2D eigenvalue weighted by Crippen LogP contribution is -2.32. The average molecular weight is 555 g/mol. The zero-order valence-electron chi connectivity index (χ0n) is 24.0. The molecule has 39 heavy (non-hydrogen) atoms. The van der Waals surface area contributed by atoms with Crippen LogP contribution in [0.4, 0.5) is 0 Å². The van der Waals surface area contributed by atoms with Gasteiger partial charge in [0.15, 0.2) is 0 Å². The molecule has 1 saturated heterocycles. The first-order chi connectivity index (χ1) is 18.8. The summed E-state index contributed by atoms with van der Waals surface area (Å²) in [6.07, 6.45) is 1.19. The highest BCUT2D eigenvalue weighted by Gasteiger charge is 2.37. The van der Waals surface area contributed by atoms with Crippen LogP contribution in [0.15, 0.2) is 42.5 Å². The van der Waals surface area contributed by atoms with Crippen LogP contribution >= 0.6 is 7.92 Å². The van der Waals surface area contributed by atoms with Crippen LogP contribution in [0.5, 0.6) is 34.5 Å². The molecule has 1 fully saturated rings. The Morgan fingerprint density at radius 1 is 0.615 bits per heavy atom. The number of ether oxygens (including phenoxy) is 6. The van der Waals surface area contributed by atoms with E-state index in [9.17, 15) is 5.11 Å². The Bertz CT molecular complexity index is 1160. The van der Waals surface area contributed by atoms with Crippen molar-refractivity contribution in [2.24, 2.45) is 0 Å². The smallest absolute Gasteiger partial charge is 0.134 e. The first-order valence-electron chi connectivity index (χ1n) is 13.0. The maximum Gasteiger partial charge on any atom is 0.134 e. The molecule has 0 radical (unpaired) electrons. The molecule has 7 nitrogen and oxygen atoms in total. The normalized spacial score (nSPS) is 20.7. The Kier molecular flexibility index (Phi) is 9.14.